The van der Waals surface area contributed by atoms with Gasteiger partial charge in [-0.15, -0.1) is 11.8 Å². The van der Waals surface area contributed by atoms with E-state index in [1.165, 1.54) is 11.8 Å². The molecular weight excluding hydrogens is 260 g/mol. The van der Waals surface area contributed by atoms with E-state index in [4.69, 9.17) is 12.2 Å². The molecule has 2 aromatic carbocycles. The molecular formula is C15H12OS2. The number of benzene rings is 2. The van der Waals surface area contributed by atoms with Gasteiger partial charge in [-0.05, 0) is 11.8 Å². The second-order valence-corrected chi connectivity index (χ2v) is 5.25. The Morgan fingerprint density at radius 3 is 1.94 bits per heavy atom. The second-order valence-electron chi connectivity index (χ2n) is 3.76. The topological polar surface area (TPSA) is 17.1 Å². The normalized spacial score (nSPS) is 10.1. The monoisotopic (exact) mass is 272 g/mol. The van der Waals surface area contributed by atoms with Gasteiger partial charge in [-0.3, -0.25) is 4.79 Å². The van der Waals surface area contributed by atoms with Crippen molar-refractivity contribution in [2.45, 2.75) is 0 Å². The molecule has 0 radical (unpaired) electrons. The highest BCUT2D eigenvalue weighted by Crippen LogP contribution is 2.15. The maximum atomic E-state index is 12.2. The molecule has 0 aromatic heterocycles. The van der Waals surface area contributed by atoms with E-state index in [1.54, 1.807) is 0 Å². The van der Waals surface area contributed by atoms with Gasteiger partial charge in [0.05, 0.1) is 4.20 Å². The molecule has 0 heterocycles. The molecule has 2 rings (SSSR count). The van der Waals surface area contributed by atoms with Crippen molar-refractivity contribution in [3.63, 3.8) is 0 Å². The molecule has 0 saturated heterocycles. The van der Waals surface area contributed by atoms with E-state index in [1.807, 2.05) is 60.9 Å². The summed E-state index contributed by atoms with van der Waals surface area (Å²) in [7, 11) is 0. The van der Waals surface area contributed by atoms with Gasteiger partial charge in [-0.2, -0.15) is 0 Å². The Kier molecular flexibility index (Phi) is 4.28. The van der Waals surface area contributed by atoms with Crippen molar-refractivity contribution in [3.05, 3.63) is 71.3 Å². The molecule has 0 spiro atoms. The Morgan fingerprint density at radius 1 is 0.889 bits per heavy atom. The molecule has 1 nitrogen and oxygen atoms in total. The zero-order valence-corrected chi connectivity index (χ0v) is 11.6. The second kappa shape index (κ2) is 5.94. The number of carbonyl (C=O) groups excluding carboxylic acids is 1. The smallest absolute Gasteiger partial charge is 0.193 e. The van der Waals surface area contributed by atoms with Gasteiger partial charge in [0.25, 0.3) is 0 Å². The standard InChI is InChI=1S/C15H12OS2/c1-18-15(17)13-9-7-12(8-10-13)14(16)11-5-3-2-4-6-11/h2-10H,1H3. The number of rotatable bonds is 3. The molecule has 0 unspecified atom stereocenters. The summed E-state index contributed by atoms with van der Waals surface area (Å²) >= 11 is 6.74. The van der Waals surface area contributed by atoms with Gasteiger partial charge in [-0.25, -0.2) is 0 Å². The predicted octanol–water partition coefficient (Wildman–Crippen LogP) is 3.96. The molecule has 0 atom stereocenters. The van der Waals surface area contributed by atoms with Crippen LogP contribution in [0.2, 0.25) is 0 Å². The summed E-state index contributed by atoms with van der Waals surface area (Å²) in [5, 5.41) is 0. The van der Waals surface area contributed by atoms with Crippen LogP contribution < -0.4 is 0 Å². The molecule has 2 aromatic rings. The molecule has 0 fully saturated rings. The van der Waals surface area contributed by atoms with Crippen LogP contribution in [0.3, 0.4) is 0 Å². The van der Waals surface area contributed by atoms with Crippen LogP contribution >= 0.6 is 24.0 Å². The molecule has 0 N–H and O–H groups in total. The van der Waals surface area contributed by atoms with Crippen molar-refractivity contribution in [3.8, 4) is 0 Å². The number of ketones is 1. The summed E-state index contributed by atoms with van der Waals surface area (Å²) in [6, 6.07) is 16.7. The largest absolute Gasteiger partial charge is 0.289 e. The van der Waals surface area contributed by atoms with E-state index < -0.39 is 0 Å². The molecule has 0 amide bonds. The molecule has 3 heteroatoms. The number of carbonyl (C=O) groups is 1. The van der Waals surface area contributed by atoms with Gasteiger partial charge in [-0.1, -0.05) is 66.8 Å². The van der Waals surface area contributed by atoms with Crippen LogP contribution in [0, 0.1) is 0 Å². The average molecular weight is 272 g/mol. The first-order chi connectivity index (χ1) is 8.72. The summed E-state index contributed by atoms with van der Waals surface area (Å²) in [6.07, 6.45) is 1.95. The van der Waals surface area contributed by atoms with Crippen LogP contribution in [-0.4, -0.2) is 16.2 Å². The van der Waals surface area contributed by atoms with E-state index in [0.29, 0.717) is 11.1 Å². The summed E-state index contributed by atoms with van der Waals surface area (Å²) in [5.41, 5.74) is 2.38. The van der Waals surface area contributed by atoms with Gasteiger partial charge >= 0.3 is 0 Å². The van der Waals surface area contributed by atoms with Crippen molar-refractivity contribution < 1.29 is 4.79 Å². The Hall–Kier alpha value is -1.45. The number of thiocarbonyl (C=S) groups is 1. The zero-order chi connectivity index (χ0) is 13.0. The highest BCUT2D eigenvalue weighted by Gasteiger charge is 2.08. The zero-order valence-electron chi connectivity index (χ0n) is 9.92. The minimum atomic E-state index is 0.0391. The fraction of sp³-hybridized carbons (Fsp3) is 0.0667. The van der Waals surface area contributed by atoms with Crippen molar-refractivity contribution in [1.29, 1.82) is 0 Å². The Bertz CT molecular complexity index is 559. The quantitative estimate of drug-likeness (QED) is 0.622. The van der Waals surface area contributed by atoms with Crippen LogP contribution in [0.25, 0.3) is 0 Å². The van der Waals surface area contributed by atoms with E-state index in [9.17, 15) is 4.79 Å². The highest BCUT2D eigenvalue weighted by atomic mass is 32.2. The number of hydrogen-bond donors (Lipinski definition) is 0. The third kappa shape index (κ3) is 2.86. The lowest BCUT2D eigenvalue weighted by atomic mass is 10.0. The van der Waals surface area contributed by atoms with Crippen molar-refractivity contribution >= 4 is 34.0 Å². The van der Waals surface area contributed by atoms with E-state index in [2.05, 4.69) is 0 Å². The molecule has 0 aliphatic heterocycles. The van der Waals surface area contributed by atoms with E-state index in [-0.39, 0.29) is 5.78 Å². The van der Waals surface area contributed by atoms with Gasteiger partial charge in [0.15, 0.2) is 5.78 Å². The molecule has 0 aliphatic carbocycles. The lowest BCUT2D eigenvalue weighted by Gasteiger charge is -2.03. The fourth-order valence-corrected chi connectivity index (χ4v) is 2.14. The molecule has 0 aliphatic rings. The SMILES string of the molecule is CSC(=S)c1ccc(C(=O)c2ccccc2)cc1. The average Bonchev–Trinajstić information content (AvgIpc) is 2.47. The Morgan fingerprint density at radius 2 is 1.39 bits per heavy atom. The third-order valence-electron chi connectivity index (χ3n) is 2.60. The Labute approximate surface area is 116 Å². The maximum Gasteiger partial charge on any atom is 0.193 e. The van der Waals surface area contributed by atoms with Crippen LogP contribution in [0.15, 0.2) is 54.6 Å². The minimum absolute atomic E-state index is 0.0391. The number of thioether (sulfide) groups is 1. The van der Waals surface area contributed by atoms with Gasteiger partial charge in [0.1, 0.15) is 0 Å². The Balaban J connectivity index is 2.25. The lowest BCUT2D eigenvalue weighted by molar-refractivity contribution is 0.103. The number of hydrogen-bond acceptors (Lipinski definition) is 3. The summed E-state index contributed by atoms with van der Waals surface area (Å²) < 4.78 is 0.841. The highest BCUT2D eigenvalue weighted by molar-refractivity contribution is 8.23. The maximum absolute atomic E-state index is 12.2. The van der Waals surface area contributed by atoms with Gasteiger partial charge in [0.2, 0.25) is 0 Å². The first kappa shape index (κ1) is 13.0. The van der Waals surface area contributed by atoms with Crippen molar-refractivity contribution in [2.24, 2.45) is 0 Å². The van der Waals surface area contributed by atoms with Crippen LogP contribution in [0.5, 0.6) is 0 Å². The van der Waals surface area contributed by atoms with E-state index in [0.717, 1.165) is 9.76 Å². The van der Waals surface area contributed by atoms with Crippen LogP contribution in [-0.2, 0) is 0 Å². The first-order valence-corrected chi connectivity index (χ1v) is 7.14. The van der Waals surface area contributed by atoms with Gasteiger partial charge in [0, 0.05) is 11.1 Å². The fourth-order valence-electron chi connectivity index (χ4n) is 1.63. The van der Waals surface area contributed by atoms with Crippen molar-refractivity contribution in [1.82, 2.24) is 0 Å². The van der Waals surface area contributed by atoms with Crippen LogP contribution in [0.1, 0.15) is 21.5 Å². The molecule has 90 valence electrons. The lowest BCUT2D eigenvalue weighted by Crippen LogP contribution is -2.01. The van der Waals surface area contributed by atoms with E-state index >= 15 is 0 Å². The first-order valence-electron chi connectivity index (χ1n) is 5.50. The van der Waals surface area contributed by atoms with Crippen LogP contribution in [0.4, 0.5) is 0 Å². The van der Waals surface area contributed by atoms with Crippen molar-refractivity contribution in [2.75, 3.05) is 6.26 Å². The molecule has 18 heavy (non-hydrogen) atoms. The summed E-state index contributed by atoms with van der Waals surface area (Å²) in [5.74, 6) is 0.0391. The summed E-state index contributed by atoms with van der Waals surface area (Å²) in [4.78, 5) is 12.2. The molecule has 0 bridgehead atoms. The molecule has 0 saturated carbocycles. The predicted molar refractivity (Wildman–Crippen MR) is 81.5 cm³/mol. The minimum Gasteiger partial charge on any atom is -0.289 e. The van der Waals surface area contributed by atoms with Gasteiger partial charge < -0.3 is 0 Å². The summed E-state index contributed by atoms with van der Waals surface area (Å²) in [6.45, 7) is 0. The third-order valence-corrected chi connectivity index (χ3v) is 3.95.